The summed E-state index contributed by atoms with van der Waals surface area (Å²) in [6.07, 6.45) is 0.770. The number of rotatable bonds is 1. The maximum absolute atomic E-state index is 9.94. The van der Waals surface area contributed by atoms with Crippen LogP contribution in [-0.2, 0) is 0 Å². The van der Waals surface area contributed by atoms with Gasteiger partial charge < -0.3 is 20.7 Å². The molecule has 1 aromatic carbocycles. The van der Waals surface area contributed by atoms with Crippen molar-refractivity contribution in [1.82, 2.24) is 9.97 Å². The minimum Gasteiger partial charge on any atom is -0.399 e. The third kappa shape index (κ3) is 1.82. The Morgan fingerprint density at radius 3 is 3.06 bits per heavy atom. The van der Waals surface area contributed by atoms with Gasteiger partial charge in [-0.1, -0.05) is 0 Å². The quantitative estimate of drug-likeness (QED) is 0.643. The lowest BCUT2D eigenvalue weighted by molar-refractivity contribution is 0.0838. The van der Waals surface area contributed by atoms with Gasteiger partial charge >= 0.3 is 0 Å². The second kappa shape index (κ2) is 3.37. The summed E-state index contributed by atoms with van der Waals surface area (Å²) in [6.45, 7) is 3.29. The molecule has 0 spiro atoms. The molecule has 1 aromatic heterocycles. The number of aromatic amines is 1. The maximum Gasteiger partial charge on any atom is 0.203 e. The number of nitrogens with two attached hydrogens (primary N) is 1. The Labute approximate surface area is 99.3 Å². The van der Waals surface area contributed by atoms with Gasteiger partial charge in [0.15, 0.2) is 0 Å². The van der Waals surface area contributed by atoms with Crippen molar-refractivity contribution in [1.29, 1.82) is 0 Å². The van der Waals surface area contributed by atoms with E-state index in [2.05, 4.69) is 14.9 Å². The number of imidazole rings is 1. The van der Waals surface area contributed by atoms with Gasteiger partial charge in [0.25, 0.3) is 0 Å². The number of nitrogens with zero attached hydrogens (tertiary/aromatic N) is 2. The Kier molecular flexibility index (Phi) is 2.06. The molecule has 1 atom stereocenters. The molecule has 1 aliphatic heterocycles. The zero-order chi connectivity index (χ0) is 12.0. The predicted octanol–water partition coefficient (Wildman–Crippen LogP) is 1.11. The Morgan fingerprint density at radius 1 is 1.53 bits per heavy atom. The summed E-state index contributed by atoms with van der Waals surface area (Å²) in [4.78, 5) is 9.81. The van der Waals surface area contributed by atoms with E-state index in [4.69, 9.17) is 5.73 Å². The minimum atomic E-state index is -0.613. The largest absolute Gasteiger partial charge is 0.399 e. The van der Waals surface area contributed by atoms with Crippen LogP contribution in [0.4, 0.5) is 11.6 Å². The van der Waals surface area contributed by atoms with Gasteiger partial charge in [0, 0.05) is 18.8 Å². The molecule has 3 rings (SSSR count). The molecular formula is C12H16N4O. The van der Waals surface area contributed by atoms with E-state index in [1.807, 2.05) is 25.1 Å². The molecule has 0 saturated carbocycles. The molecule has 17 heavy (non-hydrogen) atoms. The van der Waals surface area contributed by atoms with E-state index in [1.165, 1.54) is 0 Å². The standard InChI is InChI=1S/C12H16N4O/c1-12(17)4-5-16(7-12)11-14-9-3-2-8(13)6-10(9)15-11/h2-3,6,17H,4-5,7,13H2,1H3,(H,14,15). The van der Waals surface area contributed by atoms with Gasteiger partial charge in [0.1, 0.15) is 0 Å². The van der Waals surface area contributed by atoms with E-state index in [0.29, 0.717) is 6.54 Å². The van der Waals surface area contributed by atoms with Crippen molar-refractivity contribution in [3.63, 3.8) is 0 Å². The van der Waals surface area contributed by atoms with Crippen LogP contribution in [0.25, 0.3) is 11.0 Å². The second-order valence-corrected chi connectivity index (χ2v) is 5.01. The van der Waals surface area contributed by atoms with Crippen LogP contribution in [0.1, 0.15) is 13.3 Å². The first kappa shape index (κ1) is 10.4. The summed E-state index contributed by atoms with van der Waals surface area (Å²) in [5.74, 6) is 0.809. The first-order chi connectivity index (χ1) is 8.03. The number of benzene rings is 1. The molecular weight excluding hydrogens is 216 g/mol. The number of β-amino-alcohol motifs (C(OH)–C–C–N with tert-alkyl or cyclic N) is 1. The summed E-state index contributed by atoms with van der Waals surface area (Å²) < 4.78 is 0. The Bertz CT molecular complexity index is 561. The van der Waals surface area contributed by atoms with Crippen molar-refractivity contribution >= 4 is 22.7 Å². The number of H-pyrrole nitrogens is 1. The topological polar surface area (TPSA) is 78.2 Å². The lowest BCUT2D eigenvalue weighted by atomic mass is 10.1. The van der Waals surface area contributed by atoms with Gasteiger partial charge in [-0.3, -0.25) is 0 Å². The van der Waals surface area contributed by atoms with Gasteiger partial charge in [0.2, 0.25) is 5.95 Å². The fraction of sp³-hybridized carbons (Fsp3) is 0.417. The lowest BCUT2D eigenvalue weighted by Gasteiger charge is -2.17. The molecule has 1 fully saturated rings. The monoisotopic (exact) mass is 232 g/mol. The molecule has 4 N–H and O–H groups in total. The summed E-state index contributed by atoms with van der Waals surface area (Å²) in [7, 11) is 0. The summed E-state index contributed by atoms with van der Waals surface area (Å²) >= 11 is 0. The lowest BCUT2D eigenvalue weighted by Crippen LogP contribution is -2.30. The van der Waals surface area contributed by atoms with Crippen LogP contribution in [0.15, 0.2) is 18.2 Å². The maximum atomic E-state index is 9.94. The van der Waals surface area contributed by atoms with Crippen LogP contribution in [0, 0.1) is 0 Å². The van der Waals surface area contributed by atoms with Gasteiger partial charge in [-0.05, 0) is 31.5 Å². The molecule has 1 unspecified atom stereocenters. The van der Waals surface area contributed by atoms with Crippen molar-refractivity contribution in [2.45, 2.75) is 18.9 Å². The summed E-state index contributed by atoms with van der Waals surface area (Å²) in [5.41, 5.74) is 7.68. The van der Waals surface area contributed by atoms with Gasteiger partial charge in [-0.2, -0.15) is 0 Å². The van der Waals surface area contributed by atoms with E-state index >= 15 is 0 Å². The van der Waals surface area contributed by atoms with E-state index in [0.717, 1.165) is 35.6 Å². The number of fused-ring (bicyclic) bond motifs is 1. The zero-order valence-corrected chi connectivity index (χ0v) is 9.77. The molecule has 1 aliphatic rings. The van der Waals surface area contributed by atoms with Crippen LogP contribution in [-0.4, -0.2) is 33.8 Å². The fourth-order valence-electron chi connectivity index (χ4n) is 2.29. The summed E-state index contributed by atoms with van der Waals surface area (Å²) in [5, 5.41) is 9.94. The molecule has 0 bridgehead atoms. The van der Waals surface area contributed by atoms with E-state index in [1.54, 1.807) is 0 Å². The number of anilines is 2. The normalized spacial score (nSPS) is 24.7. The van der Waals surface area contributed by atoms with E-state index < -0.39 is 5.60 Å². The Hall–Kier alpha value is -1.75. The third-order valence-corrected chi connectivity index (χ3v) is 3.24. The van der Waals surface area contributed by atoms with Crippen LogP contribution in [0.2, 0.25) is 0 Å². The molecule has 2 aromatic rings. The van der Waals surface area contributed by atoms with Crippen molar-refractivity contribution in [2.24, 2.45) is 0 Å². The van der Waals surface area contributed by atoms with Gasteiger partial charge in [-0.25, -0.2) is 4.98 Å². The van der Waals surface area contributed by atoms with Crippen molar-refractivity contribution in [2.75, 3.05) is 23.7 Å². The molecule has 90 valence electrons. The average molecular weight is 232 g/mol. The highest BCUT2D eigenvalue weighted by atomic mass is 16.3. The number of hydrogen-bond donors (Lipinski definition) is 3. The van der Waals surface area contributed by atoms with Gasteiger partial charge in [-0.15, -0.1) is 0 Å². The second-order valence-electron chi connectivity index (χ2n) is 5.01. The highest BCUT2D eigenvalue weighted by molar-refractivity contribution is 5.80. The highest BCUT2D eigenvalue weighted by Crippen LogP contribution is 2.26. The molecule has 0 amide bonds. The van der Waals surface area contributed by atoms with Crippen molar-refractivity contribution in [3.8, 4) is 0 Å². The number of aromatic nitrogens is 2. The molecule has 0 aliphatic carbocycles. The minimum absolute atomic E-state index is 0.613. The first-order valence-corrected chi connectivity index (χ1v) is 5.76. The van der Waals surface area contributed by atoms with E-state index in [-0.39, 0.29) is 0 Å². The van der Waals surface area contributed by atoms with Crippen LogP contribution in [0.3, 0.4) is 0 Å². The van der Waals surface area contributed by atoms with Crippen molar-refractivity contribution < 1.29 is 5.11 Å². The number of hydrogen-bond acceptors (Lipinski definition) is 4. The van der Waals surface area contributed by atoms with E-state index in [9.17, 15) is 5.11 Å². The SMILES string of the molecule is CC1(O)CCN(c2nc3ccc(N)cc3[nH]2)C1. The molecule has 5 heteroatoms. The Morgan fingerprint density at radius 2 is 2.35 bits per heavy atom. The van der Waals surface area contributed by atoms with Crippen LogP contribution in [0.5, 0.6) is 0 Å². The van der Waals surface area contributed by atoms with Crippen molar-refractivity contribution in [3.05, 3.63) is 18.2 Å². The van der Waals surface area contributed by atoms with Crippen LogP contribution < -0.4 is 10.6 Å². The highest BCUT2D eigenvalue weighted by Gasteiger charge is 2.32. The summed E-state index contributed by atoms with van der Waals surface area (Å²) in [6, 6.07) is 5.62. The number of nitrogen functional groups attached to an aromatic ring is 1. The smallest absolute Gasteiger partial charge is 0.203 e. The Balaban J connectivity index is 1.96. The third-order valence-electron chi connectivity index (χ3n) is 3.24. The van der Waals surface area contributed by atoms with Crippen LogP contribution >= 0.6 is 0 Å². The molecule has 5 nitrogen and oxygen atoms in total. The number of nitrogens with one attached hydrogen (secondary N) is 1. The molecule has 1 saturated heterocycles. The molecule has 0 radical (unpaired) electrons. The number of aliphatic hydroxyl groups is 1. The van der Waals surface area contributed by atoms with Gasteiger partial charge in [0.05, 0.1) is 16.6 Å². The zero-order valence-electron chi connectivity index (χ0n) is 9.77. The fourth-order valence-corrected chi connectivity index (χ4v) is 2.29. The average Bonchev–Trinajstić information content (AvgIpc) is 2.80. The predicted molar refractivity (Wildman–Crippen MR) is 68.0 cm³/mol. The first-order valence-electron chi connectivity index (χ1n) is 5.76. The molecule has 2 heterocycles.